The van der Waals surface area contributed by atoms with Crippen molar-refractivity contribution in [2.75, 3.05) is 13.6 Å². The summed E-state index contributed by atoms with van der Waals surface area (Å²) in [6, 6.07) is 6.59. The van der Waals surface area contributed by atoms with Crippen molar-refractivity contribution in [1.82, 2.24) is 15.3 Å². The van der Waals surface area contributed by atoms with Crippen molar-refractivity contribution in [2.45, 2.75) is 33.1 Å². The lowest BCUT2D eigenvalue weighted by Gasteiger charge is -2.17. The van der Waals surface area contributed by atoms with E-state index >= 15 is 0 Å². The molecule has 0 saturated carbocycles. The molecule has 21 heavy (non-hydrogen) atoms. The first-order valence-corrected chi connectivity index (χ1v) is 7.24. The second kappa shape index (κ2) is 6.76. The number of halogens is 1. The van der Waals surface area contributed by atoms with Gasteiger partial charge in [0.1, 0.15) is 11.6 Å². The maximum Gasteiger partial charge on any atom is 0.133 e. The third-order valence-electron chi connectivity index (χ3n) is 3.63. The Kier molecular flexibility index (Phi) is 5.02. The van der Waals surface area contributed by atoms with E-state index in [2.05, 4.69) is 22.2 Å². The average Bonchev–Trinajstić information content (AvgIpc) is 2.38. The van der Waals surface area contributed by atoms with Crippen LogP contribution in [0, 0.1) is 19.7 Å². The van der Waals surface area contributed by atoms with Crippen LogP contribution in [0.15, 0.2) is 24.3 Å². The molecular weight excluding hydrogens is 265 g/mol. The van der Waals surface area contributed by atoms with E-state index in [0.717, 1.165) is 29.3 Å². The summed E-state index contributed by atoms with van der Waals surface area (Å²) in [6.45, 7) is 7.10. The molecule has 2 aromatic rings. The van der Waals surface area contributed by atoms with Crippen molar-refractivity contribution in [1.29, 1.82) is 0 Å². The summed E-state index contributed by atoms with van der Waals surface area (Å²) in [5, 5.41) is 3.18. The Hall–Kier alpha value is -1.81. The van der Waals surface area contributed by atoms with Crippen molar-refractivity contribution < 1.29 is 4.39 Å². The quantitative estimate of drug-likeness (QED) is 0.918. The van der Waals surface area contributed by atoms with Gasteiger partial charge in [0.25, 0.3) is 0 Å². The number of likely N-dealkylation sites (N-methyl/N-ethyl adjacent to an activating group) is 1. The molecule has 112 valence electrons. The molecule has 0 aliphatic rings. The SMILES string of the molecule is CNCC(C)c1c(C)nc(Cc2cccc(F)c2)nc1C. The number of hydrogen-bond donors (Lipinski definition) is 1. The normalized spacial score (nSPS) is 12.4. The van der Waals surface area contributed by atoms with Crippen LogP contribution in [0.4, 0.5) is 4.39 Å². The number of benzene rings is 1. The van der Waals surface area contributed by atoms with Crippen LogP contribution in [0.2, 0.25) is 0 Å². The molecule has 3 nitrogen and oxygen atoms in total. The molecule has 0 bridgehead atoms. The predicted octanol–water partition coefficient (Wildman–Crippen LogP) is 3.15. The number of aryl methyl sites for hydroxylation is 2. The summed E-state index contributed by atoms with van der Waals surface area (Å²) in [5.74, 6) is 0.898. The zero-order chi connectivity index (χ0) is 15.4. The first kappa shape index (κ1) is 15.6. The van der Waals surface area contributed by atoms with E-state index in [1.807, 2.05) is 27.0 Å². The fraction of sp³-hybridized carbons (Fsp3) is 0.412. The Morgan fingerprint density at radius 3 is 2.43 bits per heavy atom. The van der Waals surface area contributed by atoms with Crippen molar-refractivity contribution in [2.24, 2.45) is 0 Å². The highest BCUT2D eigenvalue weighted by Gasteiger charge is 2.14. The summed E-state index contributed by atoms with van der Waals surface area (Å²) >= 11 is 0. The molecule has 1 aromatic carbocycles. The molecule has 0 saturated heterocycles. The minimum Gasteiger partial charge on any atom is -0.319 e. The smallest absolute Gasteiger partial charge is 0.133 e. The highest BCUT2D eigenvalue weighted by atomic mass is 19.1. The fourth-order valence-electron chi connectivity index (χ4n) is 2.82. The number of nitrogens with one attached hydrogen (secondary N) is 1. The van der Waals surface area contributed by atoms with Gasteiger partial charge in [0.2, 0.25) is 0 Å². The maximum absolute atomic E-state index is 13.2. The third kappa shape index (κ3) is 3.85. The van der Waals surface area contributed by atoms with Crippen molar-refractivity contribution >= 4 is 0 Å². The van der Waals surface area contributed by atoms with Crippen LogP contribution < -0.4 is 5.32 Å². The Labute approximate surface area is 125 Å². The van der Waals surface area contributed by atoms with E-state index in [0.29, 0.717) is 12.3 Å². The molecule has 0 spiro atoms. The van der Waals surface area contributed by atoms with E-state index in [-0.39, 0.29) is 5.82 Å². The van der Waals surface area contributed by atoms with E-state index in [9.17, 15) is 4.39 Å². The van der Waals surface area contributed by atoms with Gasteiger partial charge in [0.05, 0.1) is 0 Å². The zero-order valence-electron chi connectivity index (χ0n) is 13.1. The fourth-order valence-corrected chi connectivity index (χ4v) is 2.82. The summed E-state index contributed by atoms with van der Waals surface area (Å²) < 4.78 is 13.2. The molecule has 0 aliphatic carbocycles. The Balaban J connectivity index is 2.27. The Morgan fingerprint density at radius 1 is 1.19 bits per heavy atom. The van der Waals surface area contributed by atoms with Gasteiger partial charge in [0, 0.05) is 24.4 Å². The lowest BCUT2D eigenvalue weighted by Crippen LogP contribution is -2.18. The van der Waals surface area contributed by atoms with Gasteiger partial charge in [-0.1, -0.05) is 19.1 Å². The predicted molar refractivity (Wildman–Crippen MR) is 83.1 cm³/mol. The van der Waals surface area contributed by atoms with Gasteiger partial charge in [-0.25, -0.2) is 14.4 Å². The topological polar surface area (TPSA) is 37.8 Å². The molecule has 0 amide bonds. The Bertz CT molecular complexity index is 602. The van der Waals surface area contributed by atoms with Crippen LogP contribution in [0.3, 0.4) is 0 Å². The first-order valence-electron chi connectivity index (χ1n) is 7.24. The molecule has 1 N–H and O–H groups in total. The largest absolute Gasteiger partial charge is 0.319 e. The minimum atomic E-state index is -0.222. The first-order chi connectivity index (χ1) is 10.0. The highest BCUT2D eigenvalue weighted by Crippen LogP contribution is 2.21. The van der Waals surface area contributed by atoms with Gasteiger partial charge in [-0.3, -0.25) is 0 Å². The lowest BCUT2D eigenvalue weighted by molar-refractivity contribution is 0.625. The molecule has 0 radical (unpaired) electrons. The van der Waals surface area contributed by atoms with Gasteiger partial charge in [-0.05, 0) is 50.1 Å². The van der Waals surface area contributed by atoms with Gasteiger partial charge < -0.3 is 5.32 Å². The van der Waals surface area contributed by atoms with Crippen molar-refractivity contribution in [3.05, 3.63) is 58.4 Å². The molecule has 1 unspecified atom stereocenters. The molecular formula is C17H22FN3. The van der Waals surface area contributed by atoms with Crippen LogP contribution in [0.5, 0.6) is 0 Å². The number of nitrogens with zero attached hydrogens (tertiary/aromatic N) is 2. The van der Waals surface area contributed by atoms with Gasteiger partial charge in [-0.2, -0.15) is 0 Å². The van der Waals surface area contributed by atoms with Crippen LogP contribution in [-0.4, -0.2) is 23.6 Å². The maximum atomic E-state index is 13.2. The molecule has 1 aromatic heterocycles. The van der Waals surface area contributed by atoms with E-state index in [1.54, 1.807) is 6.07 Å². The Morgan fingerprint density at radius 2 is 1.86 bits per heavy atom. The highest BCUT2D eigenvalue weighted by molar-refractivity contribution is 5.30. The van der Waals surface area contributed by atoms with Crippen LogP contribution >= 0.6 is 0 Å². The van der Waals surface area contributed by atoms with Gasteiger partial charge in [0.15, 0.2) is 0 Å². The van der Waals surface area contributed by atoms with Crippen molar-refractivity contribution in [3.63, 3.8) is 0 Å². The zero-order valence-corrected chi connectivity index (χ0v) is 13.1. The molecule has 1 atom stereocenters. The number of aromatic nitrogens is 2. The van der Waals surface area contributed by atoms with Crippen LogP contribution in [-0.2, 0) is 6.42 Å². The molecule has 0 aliphatic heterocycles. The lowest BCUT2D eigenvalue weighted by atomic mass is 9.98. The third-order valence-corrected chi connectivity index (χ3v) is 3.63. The second-order valence-corrected chi connectivity index (χ2v) is 5.49. The number of rotatable bonds is 5. The van der Waals surface area contributed by atoms with E-state index < -0.39 is 0 Å². The molecule has 0 fully saturated rings. The molecule has 2 rings (SSSR count). The molecule has 4 heteroatoms. The molecule has 1 heterocycles. The van der Waals surface area contributed by atoms with Gasteiger partial charge >= 0.3 is 0 Å². The second-order valence-electron chi connectivity index (χ2n) is 5.49. The standard InChI is InChI=1S/C17H22FN3/c1-11(10-19-4)17-12(2)20-16(21-13(17)3)9-14-6-5-7-15(18)8-14/h5-8,11,19H,9-10H2,1-4H3. The average molecular weight is 287 g/mol. The van der Waals surface area contributed by atoms with Crippen molar-refractivity contribution in [3.8, 4) is 0 Å². The number of hydrogen-bond acceptors (Lipinski definition) is 3. The van der Waals surface area contributed by atoms with E-state index in [4.69, 9.17) is 0 Å². The van der Waals surface area contributed by atoms with Crippen LogP contribution in [0.1, 0.15) is 41.2 Å². The summed E-state index contributed by atoms with van der Waals surface area (Å²) in [4.78, 5) is 9.20. The summed E-state index contributed by atoms with van der Waals surface area (Å²) in [6.07, 6.45) is 0.556. The van der Waals surface area contributed by atoms with Crippen LogP contribution in [0.25, 0.3) is 0 Å². The monoisotopic (exact) mass is 287 g/mol. The minimum absolute atomic E-state index is 0.222. The summed E-state index contributed by atoms with van der Waals surface area (Å²) in [5.41, 5.74) is 4.12. The van der Waals surface area contributed by atoms with Gasteiger partial charge in [-0.15, -0.1) is 0 Å². The van der Waals surface area contributed by atoms with E-state index in [1.165, 1.54) is 17.7 Å². The summed E-state index contributed by atoms with van der Waals surface area (Å²) in [7, 11) is 1.94.